The zero-order valence-electron chi connectivity index (χ0n) is 12.2. The smallest absolute Gasteiger partial charge is 0.193 e. The highest BCUT2D eigenvalue weighted by Gasteiger charge is 2.43. The molecule has 2 nitrogen and oxygen atoms in total. The normalized spacial score (nSPS) is 14.6. The molecule has 0 fully saturated rings. The second kappa shape index (κ2) is 5.63. The number of hydrogen-bond donors (Lipinski definition) is 0. The van der Waals surface area contributed by atoms with E-state index in [1.165, 1.54) is 0 Å². The lowest BCUT2D eigenvalue weighted by Crippen LogP contribution is -2.38. The first-order valence-electron chi connectivity index (χ1n) is 7.16. The molecule has 3 rings (SSSR count). The SMILES string of the molecule is C#CCOC1(CC=C)c2ccccc2C(=O)c2ccccc21. The van der Waals surface area contributed by atoms with E-state index in [1.807, 2.05) is 48.5 Å². The fourth-order valence-electron chi connectivity index (χ4n) is 3.16. The van der Waals surface area contributed by atoms with Crippen molar-refractivity contribution in [2.45, 2.75) is 12.0 Å². The molecule has 0 heterocycles. The summed E-state index contributed by atoms with van der Waals surface area (Å²) in [7, 11) is 0. The molecule has 0 saturated heterocycles. The Kier molecular flexibility index (Phi) is 3.66. The van der Waals surface area contributed by atoms with Gasteiger partial charge in [-0.25, -0.2) is 0 Å². The molecule has 1 aliphatic carbocycles. The summed E-state index contributed by atoms with van der Waals surface area (Å²) in [6.07, 6.45) is 7.76. The first kappa shape index (κ1) is 14.3. The average molecular weight is 288 g/mol. The van der Waals surface area contributed by atoms with Crippen molar-refractivity contribution in [2.75, 3.05) is 6.61 Å². The summed E-state index contributed by atoms with van der Waals surface area (Å²) in [6.45, 7) is 4.03. The van der Waals surface area contributed by atoms with Crippen molar-refractivity contribution in [3.05, 3.63) is 83.4 Å². The van der Waals surface area contributed by atoms with Gasteiger partial charge < -0.3 is 4.74 Å². The van der Waals surface area contributed by atoms with E-state index in [4.69, 9.17) is 11.2 Å². The van der Waals surface area contributed by atoms with Gasteiger partial charge in [0.05, 0.1) is 0 Å². The number of benzene rings is 2. The predicted molar refractivity (Wildman–Crippen MR) is 86.7 cm³/mol. The first-order valence-corrected chi connectivity index (χ1v) is 7.16. The van der Waals surface area contributed by atoms with E-state index in [0.29, 0.717) is 17.5 Å². The average Bonchev–Trinajstić information content (AvgIpc) is 2.57. The van der Waals surface area contributed by atoms with Crippen LogP contribution in [0.1, 0.15) is 33.5 Å². The zero-order chi connectivity index (χ0) is 15.6. The molecule has 0 bridgehead atoms. The molecule has 2 aromatic carbocycles. The number of ketones is 1. The van der Waals surface area contributed by atoms with Gasteiger partial charge in [-0.15, -0.1) is 13.0 Å². The Hall–Kier alpha value is -2.63. The van der Waals surface area contributed by atoms with Crippen LogP contribution in [0.5, 0.6) is 0 Å². The van der Waals surface area contributed by atoms with Crippen LogP contribution < -0.4 is 0 Å². The van der Waals surface area contributed by atoms with E-state index in [-0.39, 0.29) is 12.4 Å². The Labute approximate surface area is 130 Å². The highest BCUT2D eigenvalue weighted by molar-refractivity contribution is 6.13. The van der Waals surface area contributed by atoms with Gasteiger partial charge in [-0.05, 0) is 11.1 Å². The lowest BCUT2D eigenvalue weighted by atomic mass is 9.72. The van der Waals surface area contributed by atoms with Crippen LogP contribution in [0.2, 0.25) is 0 Å². The summed E-state index contributed by atoms with van der Waals surface area (Å²) in [5.74, 6) is 2.55. The number of carbonyl (C=O) groups excluding carboxylic acids is 1. The molecule has 108 valence electrons. The Balaban J connectivity index is 2.33. The van der Waals surface area contributed by atoms with Gasteiger partial charge in [0.15, 0.2) is 5.78 Å². The monoisotopic (exact) mass is 288 g/mol. The van der Waals surface area contributed by atoms with Gasteiger partial charge in [0.2, 0.25) is 0 Å². The van der Waals surface area contributed by atoms with Gasteiger partial charge in [-0.3, -0.25) is 4.79 Å². The van der Waals surface area contributed by atoms with Crippen LogP contribution in [-0.2, 0) is 10.3 Å². The van der Waals surface area contributed by atoms with Crippen LogP contribution in [0.3, 0.4) is 0 Å². The standard InChI is InChI=1S/C20H16O2/c1-3-13-20(22-14-4-2)17-11-7-5-9-15(17)19(21)16-10-6-8-12-18(16)20/h2-3,5-12H,1,13-14H2. The lowest BCUT2D eigenvalue weighted by molar-refractivity contribution is 0.00104. The van der Waals surface area contributed by atoms with Crippen molar-refractivity contribution in [1.29, 1.82) is 0 Å². The number of fused-ring (bicyclic) bond motifs is 2. The van der Waals surface area contributed by atoms with Crippen molar-refractivity contribution in [3.63, 3.8) is 0 Å². The molecule has 0 aromatic heterocycles. The maximum Gasteiger partial charge on any atom is 0.193 e. The van der Waals surface area contributed by atoms with Gasteiger partial charge in [0, 0.05) is 17.5 Å². The molecule has 0 N–H and O–H groups in total. The minimum absolute atomic E-state index is 0.0233. The molecule has 2 aromatic rings. The third kappa shape index (κ3) is 1.99. The molecule has 0 unspecified atom stereocenters. The Bertz CT molecular complexity index is 731. The predicted octanol–water partition coefficient (Wildman–Crippen LogP) is 3.70. The van der Waals surface area contributed by atoms with Crippen molar-refractivity contribution in [2.24, 2.45) is 0 Å². The fourth-order valence-corrected chi connectivity index (χ4v) is 3.16. The molecule has 0 atom stereocenters. The first-order chi connectivity index (χ1) is 10.7. The van der Waals surface area contributed by atoms with Crippen LogP contribution in [-0.4, -0.2) is 12.4 Å². The molecule has 0 aliphatic heterocycles. The lowest BCUT2D eigenvalue weighted by Gasteiger charge is -2.39. The second-order valence-corrected chi connectivity index (χ2v) is 5.23. The van der Waals surface area contributed by atoms with Crippen LogP contribution >= 0.6 is 0 Å². The molecular formula is C20H16O2. The number of ether oxygens (including phenoxy) is 1. The summed E-state index contributed by atoms with van der Waals surface area (Å²) < 4.78 is 6.10. The van der Waals surface area contributed by atoms with E-state index < -0.39 is 5.60 Å². The third-order valence-corrected chi connectivity index (χ3v) is 4.05. The third-order valence-electron chi connectivity index (χ3n) is 4.05. The van der Waals surface area contributed by atoms with Gasteiger partial charge in [0.25, 0.3) is 0 Å². The number of terminal acetylenes is 1. The minimum atomic E-state index is -0.755. The molecule has 0 radical (unpaired) electrons. The molecule has 22 heavy (non-hydrogen) atoms. The van der Waals surface area contributed by atoms with Crippen LogP contribution in [0, 0.1) is 12.3 Å². The van der Waals surface area contributed by atoms with Crippen molar-refractivity contribution in [3.8, 4) is 12.3 Å². The van der Waals surface area contributed by atoms with Crippen molar-refractivity contribution in [1.82, 2.24) is 0 Å². The largest absolute Gasteiger partial charge is 0.353 e. The van der Waals surface area contributed by atoms with E-state index >= 15 is 0 Å². The van der Waals surface area contributed by atoms with Crippen LogP contribution in [0.4, 0.5) is 0 Å². The van der Waals surface area contributed by atoms with E-state index in [1.54, 1.807) is 6.08 Å². The Morgan fingerprint density at radius 2 is 1.64 bits per heavy atom. The molecule has 1 aliphatic rings. The molecule has 0 spiro atoms. The number of carbonyl (C=O) groups is 1. The quantitative estimate of drug-likeness (QED) is 0.633. The van der Waals surface area contributed by atoms with Crippen LogP contribution in [0.25, 0.3) is 0 Å². The summed E-state index contributed by atoms with van der Waals surface area (Å²) >= 11 is 0. The van der Waals surface area contributed by atoms with E-state index in [2.05, 4.69) is 12.5 Å². The van der Waals surface area contributed by atoms with Gasteiger partial charge in [-0.2, -0.15) is 0 Å². The van der Waals surface area contributed by atoms with Crippen LogP contribution in [0.15, 0.2) is 61.2 Å². The second-order valence-electron chi connectivity index (χ2n) is 5.23. The van der Waals surface area contributed by atoms with E-state index in [0.717, 1.165) is 11.1 Å². The number of rotatable bonds is 4. The van der Waals surface area contributed by atoms with E-state index in [9.17, 15) is 4.79 Å². The molecular weight excluding hydrogens is 272 g/mol. The summed E-state index contributed by atoms with van der Waals surface area (Å²) in [6, 6.07) is 15.1. The molecule has 0 saturated carbocycles. The zero-order valence-corrected chi connectivity index (χ0v) is 12.2. The summed E-state index contributed by atoms with van der Waals surface area (Å²) in [4.78, 5) is 12.8. The van der Waals surface area contributed by atoms with Gasteiger partial charge in [0.1, 0.15) is 12.2 Å². The Morgan fingerprint density at radius 1 is 1.09 bits per heavy atom. The van der Waals surface area contributed by atoms with Gasteiger partial charge in [-0.1, -0.05) is 60.5 Å². The van der Waals surface area contributed by atoms with Gasteiger partial charge >= 0.3 is 0 Å². The molecule has 2 heteroatoms. The Morgan fingerprint density at radius 3 is 2.14 bits per heavy atom. The maximum atomic E-state index is 12.8. The fraction of sp³-hybridized carbons (Fsp3) is 0.150. The number of hydrogen-bond acceptors (Lipinski definition) is 2. The molecule has 0 amide bonds. The van der Waals surface area contributed by atoms with Crippen molar-refractivity contribution < 1.29 is 9.53 Å². The highest BCUT2D eigenvalue weighted by Crippen LogP contribution is 2.45. The summed E-state index contributed by atoms with van der Waals surface area (Å²) in [5.41, 5.74) is 2.29. The minimum Gasteiger partial charge on any atom is -0.353 e. The maximum absolute atomic E-state index is 12.8. The highest BCUT2D eigenvalue weighted by atomic mass is 16.5. The summed E-state index contributed by atoms with van der Waals surface area (Å²) in [5, 5.41) is 0. The topological polar surface area (TPSA) is 26.3 Å². The van der Waals surface area contributed by atoms with Crippen molar-refractivity contribution >= 4 is 5.78 Å².